The van der Waals surface area contributed by atoms with E-state index in [-0.39, 0.29) is 47.8 Å². The number of rotatable bonds is 7. The summed E-state index contributed by atoms with van der Waals surface area (Å²) in [5, 5.41) is 10.8. The fourth-order valence-corrected chi connectivity index (χ4v) is 4.00. The van der Waals surface area contributed by atoms with Crippen molar-refractivity contribution in [3.05, 3.63) is 39.9 Å². The molecule has 2 unspecified atom stereocenters. The number of nitro groups is 1. The largest absolute Gasteiger partial charge is 0.460 e. The molecule has 1 amide bonds. The normalized spacial score (nSPS) is 22.6. The molecule has 2 heterocycles. The Labute approximate surface area is 179 Å². The molecule has 2 atom stereocenters. The number of esters is 1. The highest BCUT2D eigenvalue weighted by atomic mass is 32.1. The first-order valence-electron chi connectivity index (χ1n) is 9.61. The molecule has 0 aromatic heterocycles. The minimum Gasteiger partial charge on any atom is -0.460 e. The first kappa shape index (κ1) is 22.0. The third-order valence-electron chi connectivity index (χ3n) is 5.21. The lowest BCUT2D eigenvalue weighted by molar-refractivity contribution is -0.384. The van der Waals surface area contributed by atoms with Crippen LogP contribution in [0.25, 0.3) is 0 Å². The number of hydrogen-bond acceptors (Lipinski definition) is 8. The van der Waals surface area contributed by atoms with Gasteiger partial charge >= 0.3 is 5.97 Å². The third kappa shape index (κ3) is 5.48. The third-order valence-corrected chi connectivity index (χ3v) is 5.58. The average Bonchev–Trinajstić information content (AvgIpc) is 3.00. The number of nitro benzene ring substituents is 1. The molecule has 1 aromatic rings. The summed E-state index contributed by atoms with van der Waals surface area (Å²) in [6, 6.07) is 5.50. The summed E-state index contributed by atoms with van der Waals surface area (Å²) in [7, 11) is 1.93. The summed E-state index contributed by atoms with van der Waals surface area (Å²) >= 11 is 4.45. The fourth-order valence-electron chi connectivity index (χ4n) is 3.55. The van der Waals surface area contributed by atoms with E-state index in [2.05, 4.69) is 17.6 Å². The van der Waals surface area contributed by atoms with Gasteiger partial charge in [0.2, 0.25) is 5.91 Å². The Balaban J connectivity index is 1.39. The predicted octanol–water partition coefficient (Wildman–Crippen LogP) is 0.599. The minimum atomic E-state index is -0.533. The first-order valence-corrected chi connectivity index (χ1v) is 10.1. The monoisotopic (exact) mass is 435 g/mol. The van der Waals surface area contributed by atoms with Gasteiger partial charge in [-0.05, 0) is 31.2 Å². The molecule has 3 rings (SSSR count). The molecule has 162 valence electrons. The number of amides is 1. The molecule has 0 aliphatic carbocycles. The number of carbonyl (C=O) groups is 2. The molecule has 0 saturated carbocycles. The number of nitrogens with zero attached hydrogens (tertiary/aromatic N) is 4. The number of likely N-dealkylation sites (tertiary alicyclic amines) is 2. The van der Waals surface area contributed by atoms with Crippen molar-refractivity contribution in [2.75, 3.05) is 26.7 Å². The summed E-state index contributed by atoms with van der Waals surface area (Å²) in [6.45, 7) is 1.76. The van der Waals surface area contributed by atoms with Gasteiger partial charge in [-0.1, -0.05) is 0 Å². The molecule has 11 heteroatoms. The van der Waals surface area contributed by atoms with E-state index in [9.17, 15) is 19.7 Å². The van der Waals surface area contributed by atoms with Crippen LogP contribution in [0.4, 0.5) is 5.69 Å². The lowest BCUT2D eigenvalue weighted by Gasteiger charge is -2.39. The molecule has 2 saturated heterocycles. The van der Waals surface area contributed by atoms with Crippen molar-refractivity contribution >= 4 is 36.0 Å². The zero-order chi connectivity index (χ0) is 21.8. The van der Waals surface area contributed by atoms with Crippen molar-refractivity contribution in [2.45, 2.75) is 36.8 Å². The molecule has 30 heavy (non-hydrogen) atoms. The van der Waals surface area contributed by atoms with Crippen LogP contribution in [-0.4, -0.2) is 76.5 Å². The van der Waals surface area contributed by atoms with Crippen LogP contribution >= 0.6 is 12.6 Å². The van der Waals surface area contributed by atoms with Gasteiger partial charge in [-0.15, -0.1) is 0 Å². The number of likely N-dealkylation sites (N-methyl/N-ethyl adjacent to an activating group) is 1. The fraction of sp³-hybridized carbons (Fsp3) is 0.526. The summed E-state index contributed by atoms with van der Waals surface area (Å²) in [6.07, 6.45) is 0.593. The Bertz CT molecular complexity index is 840. The summed E-state index contributed by atoms with van der Waals surface area (Å²) in [5.41, 5.74) is 6.45. The van der Waals surface area contributed by atoms with Gasteiger partial charge in [-0.25, -0.2) is 0 Å². The van der Waals surface area contributed by atoms with Gasteiger partial charge in [0.25, 0.3) is 5.69 Å². The summed E-state index contributed by atoms with van der Waals surface area (Å²) in [5.74, 6) is -0.287. The average molecular weight is 436 g/mol. The molecule has 2 aliphatic heterocycles. The van der Waals surface area contributed by atoms with Crippen LogP contribution in [0.5, 0.6) is 0 Å². The van der Waals surface area contributed by atoms with Crippen LogP contribution in [0.2, 0.25) is 0 Å². The topological polar surface area (TPSA) is 131 Å². The van der Waals surface area contributed by atoms with Crippen molar-refractivity contribution in [3.8, 4) is 0 Å². The second kappa shape index (κ2) is 9.43. The van der Waals surface area contributed by atoms with E-state index in [4.69, 9.17) is 10.5 Å². The zero-order valence-corrected chi connectivity index (χ0v) is 17.5. The van der Waals surface area contributed by atoms with E-state index >= 15 is 0 Å². The van der Waals surface area contributed by atoms with Crippen molar-refractivity contribution < 1.29 is 19.2 Å². The van der Waals surface area contributed by atoms with Crippen LogP contribution in [0.1, 0.15) is 18.4 Å². The van der Waals surface area contributed by atoms with Crippen molar-refractivity contribution in [1.29, 1.82) is 0 Å². The molecule has 2 aliphatic rings. The molecule has 0 bridgehead atoms. The Kier molecular flexibility index (Phi) is 6.93. The van der Waals surface area contributed by atoms with Crippen molar-refractivity contribution in [1.82, 2.24) is 9.80 Å². The maximum absolute atomic E-state index is 12.5. The minimum absolute atomic E-state index is 0.00312. The number of nitrogens with two attached hydrogens (primary N) is 1. The van der Waals surface area contributed by atoms with E-state index in [1.807, 2.05) is 11.9 Å². The Morgan fingerprint density at radius 1 is 1.30 bits per heavy atom. The van der Waals surface area contributed by atoms with E-state index < -0.39 is 10.9 Å². The van der Waals surface area contributed by atoms with Gasteiger partial charge in [0.15, 0.2) is 0 Å². The standard InChI is InChI=1S/C19H25N5O5S/c1-22-10-15(30)6-16(22)19(26)23-8-13(9-23)21-17(20)7-18(25)29-11-12-2-4-14(5-3-12)24(27)28/h2-5,13,15-16,30H,6-11H2,1H3,(H2,20,21). The molecule has 0 spiro atoms. The Morgan fingerprint density at radius 2 is 1.97 bits per heavy atom. The lowest BCUT2D eigenvalue weighted by Crippen LogP contribution is -2.57. The zero-order valence-electron chi connectivity index (χ0n) is 16.6. The van der Waals surface area contributed by atoms with Gasteiger partial charge in [0.05, 0.1) is 17.0 Å². The number of ether oxygens (including phenoxy) is 1. The van der Waals surface area contributed by atoms with Crippen LogP contribution in [0, 0.1) is 10.1 Å². The van der Waals surface area contributed by atoms with Gasteiger partial charge < -0.3 is 15.4 Å². The first-order chi connectivity index (χ1) is 14.2. The molecule has 1 aromatic carbocycles. The summed E-state index contributed by atoms with van der Waals surface area (Å²) in [4.78, 5) is 42.7. The van der Waals surface area contributed by atoms with Gasteiger partial charge in [-0.3, -0.25) is 29.6 Å². The van der Waals surface area contributed by atoms with E-state index in [1.165, 1.54) is 24.3 Å². The van der Waals surface area contributed by atoms with E-state index in [1.54, 1.807) is 4.90 Å². The Hall–Kier alpha value is -2.66. The number of amidine groups is 1. The number of thiol groups is 1. The van der Waals surface area contributed by atoms with E-state index in [0.29, 0.717) is 18.7 Å². The highest BCUT2D eigenvalue weighted by Crippen LogP contribution is 2.24. The molecular formula is C19H25N5O5S. The quantitative estimate of drug-likeness (QED) is 0.160. The van der Waals surface area contributed by atoms with Crippen LogP contribution in [-0.2, 0) is 20.9 Å². The Morgan fingerprint density at radius 3 is 2.53 bits per heavy atom. The molecule has 2 fully saturated rings. The smallest absolute Gasteiger partial charge is 0.313 e. The van der Waals surface area contributed by atoms with Crippen molar-refractivity contribution in [3.63, 3.8) is 0 Å². The number of aliphatic imine (C=N–C) groups is 1. The van der Waals surface area contributed by atoms with Crippen LogP contribution < -0.4 is 5.73 Å². The number of carbonyl (C=O) groups excluding carboxylic acids is 2. The van der Waals surface area contributed by atoms with Crippen LogP contribution in [0.3, 0.4) is 0 Å². The molecule has 10 nitrogen and oxygen atoms in total. The van der Waals surface area contributed by atoms with E-state index in [0.717, 1.165) is 13.0 Å². The maximum Gasteiger partial charge on any atom is 0.313 e. The highest BCUT2D eigenvalue weighted by molar-refractivity contribution is 7.81. The lowest BCUT2D eigenvalue weighted by atomic mass is 10.1. The molecule has 2 N–H and O–H groups in total. The second-order valence-corrected chi connectivity index (χ2v) is 8.35. The number of benzene rings is 1. The summed E-state index contributed by atoms with van der Waals surface area (Å²) < 4.78 is 5.13. The van der Waals surface area contributed by atoms with Crippen molar-refractivity contribution in [2.24, 2.45) is 10.7 Å². The second-order valence-electron chi connectivity index (χ2n) is 7.62. The van der Waals surface area contributed by atoms with Gasteiger partial charge in [0, 0.05) is 37.0 Å². The number of non-ortho nitro benzene ring substituents is 1. The van der Waals surface area contributed by atoms with Gasteiger partial charge in [-0.2, -0.15) is 12.6 Å². The molecular weight excluding hydrogens is 410 g/mol. The maximum atomic E-state index is 12.5. The van der Waals surface area contributed by atoms with Gasteiger partial charge in [0.1, 0.15) is 18.9 Å². The highest BCUT2D eigenvalue weighted by Gasteiger charge is 2.39. The predicted molar refractivity (Wildman–Crippen MR) is 113 cm³/mol. The number of hydrogen-bond donors (Lipinski definition) is 2. The SMILES string of the molecule is CN1CC(S)CC1C(=O)N1CC(N=C(N)CC(=O)OCc2ccc([N+](=O)[O-])cc2)C1. The molecule has 0 radical (unpaired) electrons. The van der Waals surface area contributed by atoms with Crippen LogP contribution in [0.15, 0.2) is 29.3 Å².